The Kier molecular flexibility index (Phi) is 6.20. The Balaban J connectivity index is 2.60. The number of nitrogens with one attached hydrogen (secondary N) is 1. The summed E-state index contributed by atoms with van der Waals surface area (Å²) in [4.78, 5) is 24.1. The molecule has 0 saturated carbocycles. The van der Waals surface area contributed by atoms with Crippen molar-refractivity contribution in [2.24, 2.45) is 0 Å². The molecule has 2 N–H and O–H groups in total. The standard InChI is InChI=1S/C14H17N3O3/c1-2-6-17(10-14(19)20)9-13(18)16-12-5-3-4-11(7-12)8-15/h3-5,7H,2,6,9-10H2,1H3,(H,16,18)(H,19,20). The number of carboxylic acids is 1. The first kappa shape index (κ1) is 15.7. The second kappa shape index (κ2) is 7.92. The molecule has 1 rings (SSSR count). The number of amides is 1. The van der Waals surface area contributed by atoms with Crippen molar-refractivity contribution in [2.75, 3.05) is 25.0 Å². The van der Waals surface area contributed by atoms with Crippen molar-refractivity contribution in [1.29, 1.82) is 5.26 Å². The summed E-state index contributed by atoms with van der Waals surface area (Å²) in [6.45, 7) is 2.30. The number of rotatable bonds is 7. The molecule has 0 saturated heterocycles. The van der Waals surface area contributed by atoms with Crippen molar-refractivity contribution in [3.63, 3.8) is 0 Å². The highest BCUT2D eigenvalue weighted by Crippen LogP contribution is 2.09. The number of hydrogen-bond acceptors (Lipinski definition) is 4. The Morgan fingerprint density at radius 1 is 1.40 bits per heavy atom. The molecule has 106 valence electrons. The number of aliphatic carboxylic acids is 1. The van der Waals surface area contributed by atoms with Crippen molar-refractivity contribution in [3.05, 3.63) is 29.8 Å². The number of anilines is 1. The maximum absolute atomic E-state index is 11.9. The largest absolute Gasteiger partial charge is 0.480 e. The number of carbonyl (C=O) groups is 2. The lowest BCUT2D eigenvalue weighted by molar-refractivity contribution is -0.138. The van der Waals surface area contributed by atoms with Crippen LogP contribution in [0.15, 0.2) is 24.3 Å². The van der Waals surface area contributed by atoms with E-state index in [2.05, 4.69) is 5.32 Å². The minimum atomic E-state index is -0.960. The van der Waals surface area contributed by atoms with E-state index in [1.54, 1.807) is 29.2 Å². The molecule has 0 bridgehead atoms. The van der Waals surface area contributed by atoms with Crippen molar-refractivity contribution >= 4 is 17.6 Å². The van der Waals surface area contributed by atoms with Crippen molar-refractivity contribution < 1.29 is 14.7 Å². The van der Waals surface area contributed by atoms with E-state index in [0.29, 0.717) is 17.8 Å². The van der Waals surface area contributed by atoms with Gasteiger partial charge >= 0.3 is 5.97 Å². The van der Waals surface area contributed by atoms with Crippen LogP contribution in [0.2, 0.25) is 0 Å². The van der Waals surface area contributed by atoms with Gasteiger partial charge in [-0.15, -0.1) is 0 Å². The van der Waals surface area contributed by atoms with Gasteiger partial charge in [-0.1, -0.05) is 13.0 Å². The molecule has 1 amide bonds. The van der Waals surface area contributed by atoms with Gasteiger partial charge in [0.2, 0.25) is 5.91 Å². The molecule has 6 heteroatoms. The fraction of sp³-hybridized carbons (Fsp3) is 0.357. The quantitative estimate of drug-likeness (QED) is 0.782. The van der Waals surface area contributed by atoms with Gasteiger partial charge in [-0.05, 0) is 31.2 Å². The molecular formula is C14H17N3O3. The van der Waals surface area contributed by atoms with Crippen molar-refractivity contribution in [2.45, 2.75) is 13.3 Å². The number of carbonyl (C=O) groups excluding carboxylic acids is 1. The molecule has 0 atom stereocenters. The lowest BCUT2D eigenvalue weighted by Crippen LogP contribution is -2.37. The third-order valence-corrected chi connectivity index (χ3v) is 2.54. The minimum absolute atomic E-state index is 0.0108. The number of carboxylic acid groups (broad SMARTS) is 1. The molecule has 0 aliphatic carbocycles. The van der Waals surface area contributed by atoms with Crippen molar-refractivity contribution in [3.8, 4) is 6.07 Å². The average molecular weight is 275 g/mol. The number of hydrogen-bond donors (Lipinski definition) is 2. The molecule has 1 aromatic carbocycles. The summed E-state index contributed by atoms with van der Waals surface area (Å²) < 4.78 is 0. The fourth-order valence-corrected chi connectivity index (χ4v) is 1.79. The SMILES string of the molecule is CCCN(CC(=O)O)CC(=O)Nc1cccc(C#N)c1. The van der Waals surface area contributed by atoms with Gasteiger partial charge in [0, 0.05) is 5.69 Å². The zero-order valence-corrected chi connectivity index (χ0v) is 11.3. The van der Waals surface area contributed by atoms with Crippen LogP contribution in [-0.2, 0) is 9.59 Å². The van der Waals surface area contributed by atoms with E-state index in [0.717, 1.165) is 6.42 Å². The molecule has 0 heterocycles. The van der Waals surface area contributed by atoms with Gasteiger partial charge < -0.3 is 10.4 Å². The summed E-state index contributed by atoms with van der Waals surface area (Å²) in [6.07, 6.45) is 0.768. The summed E-state index contributed by atoms with van der Waals surface area (Å²) in [6, 6.07) is 8.56. The Morgan fingerprint density at radius 3 is 2.75 bits per heavy atom. The van der Waals surface area contributed by atoms with Gasteiger partial charge in [-0.3, -0.25) is 14.5 Å². The molecule has 20 heavy (non-hydrogen) atoms. The van der Waals surface area contributed by atoms with Gasteiger partial charge in [0.05, 0.1) is 24.7 Å². The number of benzene rings is 1. The Bertz CT molecular complexity index is 523. The van der Waals surface area contributed by atoms with Crippen LogP contribution in [0, 0.1) is 11.3 Å². The molecule has 0 radical (unpaired) electrons. The first-order valence-corrected chi connectivity index (χ1v) is 6.29. The highest BCUT2D eigenvalue weighted by Gasteiger charge is 2.13. The minimum Gasteiger partial charge on any atom is -0.480 e. The summed E-state index contributed by atoms with van der Waals surface area (Å²) in [5.41, 5.74) is 0.986. The zero-order chi connectivity index (χ0) is 15.0. The zero-order valence-electron chi connectivity index (χ0n) is 11.3. The summed E-state index contributed by atoms with van der Waals surface area (Å²) >= 11 is 0. The van der Waals surface area contributed by atoms with E-state index >= 15 is 0 Å². The van der Waals surface area contributed by atoms with E-state index in [4.69, 9.17) is 10.4 Å². The Morgan fingerprint density at radius 2 is 2.15 bits per heavy atom. The second-order valence-electron chi connectivity index (χ2n) is 4.35. The molecule has 0 unspecified atom stereocenters. The fourth-order valence-electron chi connectivity index (χ4n) is 1.79. The summed E-state index contributed by atoms with van der Waals surface area (Å²) in [5.74, 6) is -1.26. The summed E-state index contributed by atoms with van der Waals surface area (Å²) in [5, 5.41) is 20.2. The highest BCUT2D eigenvalue weighted by molar-refractivity contribution is 5.92. The first-order chi connectivity index (χ1) is 9.55. The van der Waals surface area contributed by atoms with E-state index in [1.807, 2.05) is 13.0 Å². The smallest absolute Gasteiger partial charge is 0.317 e. The van der Waals surface area contributed by atoms with Crippen LogP contribution in [0.5, 0.6) is 0 Å². The molecule has 0 aliphatic heterocycles. The lowest BCUT2D eigenvalue weighted by Gasteiger charge is -2.18. The van der Waals surface area contributed by atoms with Crippen LogP contribution in [0.25, 0.3) is 0 Å². The highest BCUT2D eigenvalue weighted by atomic mass is 16.4. The van der Waals surface area contributed by atoms with Gasteiger partial charge in [0.1, 0.15) is 0 Å². The molecule has 0 aromatic heterocycles. The van der Waals surface area contributed by atoms with Crippen LogP contribution in [0.3, 0.4) is 0 Å². The molecule has 0 spiro atoms. The van der Waals surface area contributed by atoms with Gasteiger partial charge in [0.25, 0.3) is 0 Å². The molecule has 0 aliphatic rings. The molecular weight excluding hydrogens is 258 g/mol. The number of nitriles is 1. The third-order valence-electron chi connectivity index (χ3n) is 2.54. The van der Waals surface area contributed by atoms with E-state index in [9.17, 15) is 9.59 Å². The van der Waals surface area contributed by atoms with Crippen LogP contribution >= 0.6 is 0 Å². The van der Waals surface area contributed by atoms with Crippen LogP contribution < -0.4 is 5.32 Å². The average Bonchev–Trinajstić information content (AvgIpc) is 2.38. The normalized spacial score (nSPS) is 10.1. The van der Waals surface area contributed by atoms with E-state index in [-0.39, 0.29) is 19.0 Å². The predicted octanol–water partition coefficient (Wildman–Crippen LogP) is 1.29. The maximum Gasteiger partial charge on any atom is 0.317 e. The molecule has 6 nitrogen and oxygen atoms in total. The Hall–Kier alpha value is -2.39. The first-order valence-electron chi connectivity index (χ1n) is 6.29. The second-order valence-corrected chi connectivity index (χ2v) is 4.35. The maximum atomic E-state index is 11.9. The van der Waals surface area contributed by atoms with Gasteiger partial charge in [-0.25, -0.2) is 0 Å². The third kappa shape index (κ3) is 5.50. The predicted molar refractivity (Wildman–Crippen MR) is 74.2 cm³/mol. The monoisotopic (exact) mass is 275 g/mol. The van der Waals surface area contributed by atoms with Gasteiger partial charge in [0.15, 0.2) is 0 Å². The summed E-state index contributed by atoms with van der Waals surface area (Å²) in [7, 11) is 0. The van der Waals surface area contributed by atoms with Crippen LogP contribution in [0.4, 0.5) is 5.69 Å². The van der Waals surface area contributed by atoms with Crippen LogP contribution in [-0.4, -0.2) is 41.5 Å². The molecule has 1 aromatic rings. The van der Waals surface area contributed by atoms with Crippen LogP contribution in [0.1, 0.15) is 18.9 Å². The topological polar surface area (TPSA) is 93.4 Å². The number of nitrogens with zero attached hydrogens (tertiary/aromatic N) is 2. The molecule has 0 fully saturated rings. The Labute approximate surface area is 117 Å². The van der Waals surface area contributed by atoms with Gasteiger partial charge in [-0.2, -0.15) is 5.26 Å². The van der Waals surface area contributed by atoms with Crippen molar-refractivity contribution in [1.82, 2.24) is 4.90 Å². The van der Waals surface area contributed by atoms with E-state index in [1.165, 1.54) is 0 Å². The lowest BCUT2D eigenvalue weighted by atomic mass is 10.2. The van der Waals surface area contributed by atoms with E-state index < -0.39 is 5.97 Å².